The molecule has 6 heteroatoms. The summed E-state index contributed by atoms with van der Waals surface area (Å²) >= 11 is 1.71. The maximum Gasteiger partial charge on any atom is 0.325 e. The molecule has 26 heavy (non-hydrogen) atoms. The molecule has 1 aromatic heterocycles. The van der Waals surface area contributed by atoms with Gasteiger partial charge in [-0.25, -0.2) is 9.37 Å². The molecule has 1 aliphatic rings. The summed E-state index contributed by atoms with van der Waals surface area (Å²) in [5.41, 5.74) is 1.25. The van der Waals surface area contributed by atoms with Crippen molar-refractivity contribution in [1.29, 1.82) is 0 Å². The van der Waals surface area contributed by atoms with Crippen LogP contribution in [0, 0.1) is 5.82 Å². The maximum absolute atomic E-state index is 14.1. The predicted octanol–water partition coefficient (Wildman–Crippen LogP) is 4.44. The molecule has 1 atom stereocenters. The number of aromatic nitrogens is 1. The second kappa shape index (κ2) is 7.13. The van der Waals surface area contributed by atoms with Crippen molar-refractivity contribution in [1.82, 2.24) is 9.88 Å². The summed E-state index contributed by atoms with van der Waals surface area (Å²) in [6, 6.07) is 13.3. The Morgan fingerprint density at radius 1 is 1.15 bits per heavy atom. The number of benzene rings is 2. The molecule has 134 valence electrons. The molecule has 1 N–H and O–H groups in total. The summed E-state index contributed by atoms with van der Waals surface area (Å²) in [4.78, 5) is 18.4. The van der Waals surface area contributed by atoms with Gasteiger partial charge >= 0.3 is 5.97 Å². The number of hydrogen-bond acceptors (Lipinski definition) is 4. The van der Waals surface area contributed by atoms with Gasteiger partial charge in [-0.2, -0.15) is 0 Å². The van der Waals surface area contributed by atoms with E-state index >= 15 is 0 Å². The second-order valence-corrected chi connectivity index (χ2v) is 7.65. The van der Waals surface area contributed by atoms with Crippen molar-refractivity contribution in [2.45, 2.75) is 24.8 Å². The van der Waals surface area contributed by atoms with Crippen molar-refractivity contribution >= 4 is 27.5 Å². The molecule has 1 fully saturated rings. The van der Waals surface area contributed by atoms with Gasteiger partial charge in [0.2, 0.25) is 0 Å². The van der Waals surface area contributed by atoms with Crippen LogP contribution in [0.3, 0.4) is 0 Å². The van der Waals surface area contributed by atoms with Gasteiger partial charge in [-0.05, 0) is 44.1 Å². The van der Waals surface area contributed by atoms with Crippen molar-refractivity contribution in [2.75, 3.05) is 13.1 Å². The number of rotatable bonds is 4. The molecule has 3 aromatic rings. The summed E-state index contributed by atoms with van der Waals surface area (Å²) in [7, 11) is 0. The lowest BCUT2D eigenvalue weighted by atomic mass is 9.94. The number of para-hydroxylation sites is 1. The first-order valence-corrected chi connectivity index (χ1v) is 9.52. The number of carboxylic acids is 1. The Morgan fingerprint density at radius 2 is 1.85 bits per heavy atom. The molecule has 1 saturated heterocycles. The Morgan fingerprint density at radius 3 is 2.54 bits per heavy atom. The third kappa shape index (κ3) is 3.22. The van der Waals surface area contributed by atoms with Crippen LogP contribution in [-0.2, 0) is 4.79 Å². The molecule has 0 bridgehead atoms. The van der Waals surface area contributed by atoms with E-state index in [0.29, 0.717) is 19.0 Å². The SMILES string of the molecule is O=C(O)C(c1ccccc1F)N1CCC(c2nc3ccccc3s2)CC1. The average Bonchev–Trinajstić information content (AvgIpc) is 3.08. The summed E-state index contributed by atoms with van der Waals surface area (Å²) in [6.07, 6.45) is 1.66. The Bertz CT molecular complexity index is 901. The van der Waals surface area contributed by atoms with Crippen LogP contribution >= 0.6 is 11.3 Å². The van der Waals surface area contributed by atoms with Crippen LogP contribution in [-0.4, -0.2) is 34.0 Å². The van der Waals surface area contributed by atoms with E-state index in [1.807, 2.05) is 23.1 Å². The lowest BCUT2D eigenvalue weighted by Crippen LogP contribution is -2.40. The van der Waals surface area contributed by atoms with Crippen molar-refractivity contribution in [3.05, 3.63) is 64.9 Å². The minimum absolute atomic E-state index is 0.235. The number of carbonyl (C=O) groups is 1. The molecular formula is C20H19FN2O2S. The van der Waals surface area contributed by atoms with E-state index in [2.05, 4.69) is 6.07 Å². The zero-order chi connectivity index (χ0) is 18.1. The Balaban J connectivity index is 1.51. The molecule has 0 amide bonds. The molecule has 2 heterocycles. The molecule has 4 rings (SSSR count). The van der Waals surface area contributed by atoms with Crippen LogP contribution in [0.2, 0.25) is 0 Å². The molecule has 0 radical (unpaired) electrons. The third-order valence-corrected chi connectivity index (χ3v) is 6.19. The highest BCUT2D eigenvalue weighted by atomic mass is 32.1. The van der Waals surface area contributed by atoms with Gasteiger partial charge in [0.1, 0.15) is 11.9 Å². The van der Waals surface area contributed by atoms with Crippen LogP contribution in [0.5, 0.6) is 0 Å². The second-order valence-electron chi connectivity index (χ2n) is 6.59. The van der Waals surface area contributed by atoms with E-state index in [0.717, 1.165) is 23.4 Å². The zero-order valence-corrected chi connectivity index (χ0v) is 15.0. The number of carboxylic acid groups (broad SMARTS) is 1. The van der Waals surface area contributed by atoms with Crippen LogP contribution in [0.25, 0.3) is 10.2 Å². The van der Waals surface area contributed by atoms with E-state index < -0.39 is 17.8 Å². The number of aliphatic carboxylic acids is 1. The summed E-state index contributed by atoms with van der Waals surface area (Å²) in [6.45, 7) is 1.23. The van der Waals surface area contributed by atoms with Crippen LogP contribution in [0.1, 0.15) is 35.4 Å². The first kappa shape index (κ1) is 17.1. The summed E-state index contributed by atoms with van der Waals surface area (Å²) in [5.74, 6) is -1.14. The van der Waals surface area contributed by atoms with Gasteiger partial charge in [-0.3, -0.25) is 9.69 Å². The fourth-order valence-corrected chi connectivity index (χ4v) is 4.79. The van der Waals surface area contributed by atoms with E-state index in [1.165, 1.54) is 10.8 Å². The normalized spacial score (nSPS) is 17.4. The molecule has 1 aliphatic heterocycles. The van der Waals surface area contributed by atoms with Crippen LogP contribution in [0.4, 0.5) is 4.39 Å². The lowest BCUT2D eigenvalue weighted by molar-refractivity contribution is -0.144. The number of piperidine rings is 1. The number of thiazole rings is 1. The summed E-state index contributed by atoms with van der Waals surface area (Å²) in [5, 5.41) is 10.8. The molecule has 0 saturated carbocycles. The Hall–Kier alpha value is -2.31. The number of fused-ring (bicyclic) bond motifs is 1. The van der Waals surface area contributed by atoms with Gasteiger partial charge in [0.05, 0.1) is 15.2 Å². The average molecular weight is 370 g/mol. The molecule has 2 aromatic carbocycles. The molecule has 0 aliphatic carbocycles. The van der Waals surface area contributed by atoms with Crippen LogP contribution < -0.4 is 0 Å². The number of halogens is 1. The quantitative estimate of drug-likeness (QED) is 0.738. The highest BCUT2D eigenvalue weighted by Crippen LogP contribution is 2.36. The molecule has 4 nitrogen and oxygen atoms in total. The Labute approximate surface area is 154 Å². The first-order chi connectivity index (χ1) is 12.6. The number of hydrogen-bond donors (Lipinski definition) is 1. The third-order valence-electron chi connectivity index (χ3n) is 4.99. The smallest absolute Gasteiger partial charge is 0.325 e. The predicted molar refractivity (Wildman–Crippen MR) is 99.9 cm³/mol. The maximum atomic E-state index is 14.1. The Kier molecular flexibility index (Phi) is 4.70. The molecular weight excluding hydrogens is 351 g/mol. The fraction of sp³-hybridized carbons (Fsp3) is 0.300. The topological polar surface area (TPSA) is 53.4 Å². The van der Waals surface area contributed by atoms with E-state index in [1.54, 1.807) is 29.5 Å². The molecule has 0 spiro atoms. The van der Waals surface area contributed by atoms with Gasteiger partial charge in [0, 0.05) is 11.5 Å². The van der Waals surface area contributed by atoms with Crippen molar-refractivity contribution in [3.63, 3.8) is 0 Å². The largest absolute Gasteiger partial charge is 0.480 e. The lowest BCUT2D eigenvalue weighted by Gasteiger charge is -2.35. The fourth-order valence-electron chi connectivity index (χ4n) is 3.65. The minimum Gasteiger partial charge on any atom is -0.480 e. The van der Waals surface area contributed by atoms with Gasteiger partial charge in [0.15, 0.2) is 0 Å². The van der Waals surface area contributed by atoms with Crippen molar-refractivity contribution in [2.24, 2.45) is 0 Å². The highest BCUT2D eigenvalue weighted by Gasteiger charge is 2.33. The highest BCUT2D eigenvalue weighted by molar-refractivity contribution is 7.18. The minimum atomic E-state index is -1.01. The number of nitrogens with zero attached hydrogens (tertiary/aromatic N) is 2. The standard InChI is InChI=1S/C20H19FN2O2S/c21-15-6-2-1-5-14(15)18(20(24)25)23-11-9-13(10-12-23)19-22-16-7-3-4-8-17(16)26-19/h1-8,13,18H,9-12H2,(H,24,25). The van der Waals surface area contributed by atoms with E-state index in [-0.39, 0.29) is 5.56 Å². The van der Waals surface area contributed by atoms with Crippen LogP contribution in [0.15, 0.2) is 48.5 Å². The van der Waals surface area contributed by atoms with E-state index in [4.69, 9.17) is 4.98 Å². The zero-order valence-electron chi connectivity index (χ0n) is 14.1. The monoisotopic (exact) mass is 370 g/mol. The van der Waals surface area contributed by atoms with Gasteiger partial charge in [0.25, 0.3) is 0 Å². The van der Waals surface area contributed by atoms with Gasteiger partial charge in [-0.15, -0.1) is 11.3 Å². The van der Waals surface area contributed by atoms with Crippen molar-refractivity contribution < 1.29 is 14.3 Å². The van der Waals surface area contributed by atoms with Gasteiger partial charge in [-0.1, -0.05) is 30.3 Å². The summed E-state index contributed by atoms with van der Waals surface area (Å²) < 4.78 is 15.3. The van der Waals surface area contributed by atoms with Gasteiger partial charge < -0.3 is 5.11 Å². The van der Waals surface area contributed by atoms with Crippen molar-refractivity contribution in [3.8, 4) is 0 Å². The number of likely N-dealkylation sites (tertiary alicyclic amines) is 1. The van der Waals surface area contributed by atoms with E-state index in [9.17, 15) is 14.3 Å². The first-order valence-electron chi connectivity index (χ1n) is 8.70. The molecule has 1 unspecified atom stereocenters.